The van der Waals surface area contributed by atoms with E-state index in [1.54, 1.807) is 24.4 Å². The second-order valence-electron chi connectivity index (χ2n) is 2.49. The van der Waals surface area contributed by atoms with Gasteiger partial charge in [0.05, 0.1) is 0 Å². The first-order chi connectivity index (χ1) is 7.33. The molecular weight excluding hydrogens is 186 g/mol. The fourth-order valence-electron chi connectivity index (χ4n) is 1.12. The van der Waals surface area contributed by atoms with E-state index in [1.165, 1.54) is 0 Å². The van der Waals surface area contributed by atoms with Gasteiger partial charge in [-0.15, -0.1) is 0 Å². The number of nitrogens with one attached hydrogen (secondary N) is 1. The van der Waals surface area contributed by atoms with E-state index in [2.05, 4.69) is 18.1 Å². The van der Waals surface area contributed by atoms with E-state index in [-0.39, 0.29) is 0 Å². The van der Waals surface area contributed by atoms with Crippen LogP contribution in [0.15, 0.2) is 31.5 Å². The Hall–Kier alpha value is -1.83. The first-order valence-electron chi connectivity index (χ1n) is 4.91. The SMILES string of the molecule is C=C/C=c1/c(C=O)c[nH]/c1=C/C=C.CC. The summed E-state index contributed by atoms with van der Waals surface area (Å²) in [6.07, 6.45) is 9.39. The third-order valence-corrected chi connectivity index (χ3v) is 1.68. The number of aldehydes is 1. The molecule has 0 aliphatic carbocycles. The van der Waals surface area contributed by atoms with Crippen LogP contribution in [0.4, 0.5) is 0 Å². The van der Waals surface area contributed by atoms with Crippen LogP contribution in [0.1, 0.15) is 24.2 Å². The van der Waals surface area contributed by atoms with E-state index in [9.17, 15) is 4.79 Å². The highest BCUT2D eigenvalue weighted by atomic mass is 16.1. The number of hydrogen-bond donors (Lipinski definition) is 1. The van der Waals surface area contributed by atoms with Crippen molar-refractivity contribution in [1.29, 1.82) is 0 Å². The van der Waals surface area contributed by atoms with Gasteiger partial charge in [-0.2, -0.15) is 0 Å². The molecular formula is C13H17NO. The molecule has 0 saturated carbocycles. The van der Waals surface area contributed by atoms with Crippen LogP contribution in [0.5, 0.6) is 0 Å². The summed E-state index contributed by atoms with van der Waals surface area (Å²) in [5.41, 5.74) is 0.632. The Morgan fingerprint density at radius 1 is 1.20 bits per heavy atom. The minimum atomic E-state index is 0.632. The smallest absolute Gasteiger partial charge is 0.152 e. The number of carbonyl (C=O) groups excluding carboxylic acids is 1. The largest absolute Gasteiger partial charge is 0.360 e. The van der Waals surface area contributed by atoms with Crippen molar-refractivity contribution in [3.63, 3.8) is 0 Å². The van der Waals surface area contributed by atoms with Crippen LogP contribution in [0, 0.1) is 0 Å². The molecule has 2 nitrogen and oxygen atoms in total. The molecule has 0 aliphatic heterocycles. The quantitative estimate of drug-likeness (QED) is 0.746. The molecule has 1 aromatic heterocycles. The first-order valence-corrected chi connectivity index (χ1v) is 4.91. The van der Waals surface area contributed by atoms with Gasteiger partial charge in [-0.3, -0.25) is 4.79 Å². The van der Waals surface area contributed by atoms with Crippen molar-refractivity contribution in [2.75, 3.05) is 0 Å². The van der Waals surface area contributed by atoms with Gasteiger partial charge in [0, 0.05) is 22.3 Å². The lowest BCUT2D eigenvalue weighted by molar-refractivity contribution is 0.112. The molecule has 0 atom stereocenters. The summed E-state index contributed by atoms with van der Waals surface area (Å²) >= 11 is 0. The van der Waals surface area contributed by atoms with Gasteiger partial charge >= 0.3 is 0 Å². The van der Waals surface area contributed by atoms with Gasteiger partial charge in [0.2, 0.25) is 0 Å². The Balaban J connectivity index is 0.000000921. The highest BCUT2D eigenvalue weighted by Gasteiger charge is 1.94. The fraction of sp³-hybridized carbons (Fsp3) is 0.154. The van der Waals surface area contributed by atoms with Crippen LogP contribution in [0.3, 0.4) is 0 Å². The van der Waals surface area contributed by atoms with Gasteiger partial charge in [0.15, 0.2) is 6.29 Å². The minimum absolute atomic E-state index is 0.632. The summed E-state index contributed by atoms with van der Waals surface area (Å²) in [5.74, 6) is 0. The van der Waals surface area contributed by atoms with Gasteiger partial charge in [0.25, 0.3) is 0 Å². The van der Waals surface area contributed by atoms with Crippen molar-refractivity contribution in [1.82, 2.24) is 4.98 Å². The van der Waals surface area contributed by atoms with Crippen LogP contribution in [-0.4, -0.2) is 11.3 Å². The van der Waals surface area contributed by atoms with Crippen LogP contribution < -0.4 is 10.6 Å². The standard InChI is InChI=1S/C11H11NO.C2H6/c1-3-5-10-9(8-13)7-12-11(10)6-4-2;1-2/h3-8,12H,1-2H2;1-2H3/b10-5-,11-6+;. The van der Waals surface area contributed by atoms with Crippen LogP contribution >= 0.6 is 0 Å². The van der Waals surface area contributed by atoms with Gasteiger partial charge in [0.1, 0.15) is 0 Å². The normalized spacial score (nSPS) is 11.6. The number of H-pyrrole nitrogens is 1. The molecule has 80 valence electrons. The third-order valence-electron chi connectivity index (χ3n) is 1.68. The predicted octanol–water partition coefficient (Wildman–Crippen LogP) is 1.79. The molecule has 0 fully saturated rings. The molecule has 1 heterocycles. The van der Waals surface area contributed by atoms with Gasteiger partial charge in [-0.25, -0.2) is 0 Å². The Kier molecular flexibility index (Phi) is 6.64. The van der Waals surface area contributed by atoms with E-state index >= 15 is 0 Å². The van der Waals surface area contributed by atoms with E-state index < -0.39 is 0 Å². The molecule has 0 aliphatic rings. The summed E-state index contributed by atoms with van der Waals surface area (Å²) in [6.45, 7) is 11.2. The summed E-state index contributed by atoms with van der Waals surface area (Å²) in [4.78, 5) is 13.6. The Labute approximate surface area is 90.3 Å². The highest BCUT2D eigenvalue weighted by molar-refractivity contribution is 5.76. The van der Waals surface area contributed by atoms with Gasteiger partial charge in [-0.1, -0.05) is 45.2 Å². The van der Waals surface area contributed by atoms with E-state index in [1.807, 2.05) is 19.9 Å². The fourth-order valence-corrected chi connectivity index (χ4v) is 1.12. The first kappa shape index (κ1) is 13.2. The highest BCUT2D eigenvalue weighted by Crippen LogP contribution is 1.79. The van der Waals surface area contributed by atoms with Crippen molar-refractivity contribution in [3.05, 3.63) is 47.6 Å². The molecule has 1 N–H and O–H groups in total. The molecule has 1 rings (SSSR count). The molecule has 0 radical (unpaired) electrons. The Morgan fingerprint density at radius 3 is 2.27 bits per heavy atom. The number of allylic oxidation sites excluding steroid dienone is 2. The number of hydrogen-bond acceptors (Lipinski definition) is 1. The second-order valence-corrected chi connectivity index (χ2v) is 2.49. The lowest BCUT2D eigenvalue weighted by Crippen LogP contribution is -2.24. The lowest BCUT2D eigenvalue weighted by atomic mass is 10.2. The molecule has 0 spiro atoms. The molecule has 0 unspecified atom stereocenters. The van der Waals surface area contributed by atoms with Crippen LogP contribution in [0.25, 0.3) is 12.2 Å². The Bertz CT molecular complexity index is 438. The molecule has 2 heteroatoms. The van der Waals surface area contributed by atoms with Gasteiger partial charge < -0.3 is 4.98 Å². The molecule has 0 amide bonds. The molecule has 0 saturated heterocycles. The maximum absolute atomic E-state index is 10.6. The monoisotopic (exact) mass is 203 g/mol. The number of aromatic nitrogens is 1. The maximum atomic E-state index is 10.6. The number of aromatic amines is 1. The van der Waals surface area contributed by atoms with Crippen LogP contribution in [0.2, 0.25) is 0 Å². The van der Waals surface area contributed by atoms with E-state index in [0.717, 1.165) is 16.9 Å². The zero-order valence-corrected chi connectivity index (χ0v) is 9.29. The number of rotatable bonds is 3. The maximum Gasteiger partial charge on any atom is 0.152 e. The van der Waals surface area contributed by atoms with Crippen molar-refractivity contribution in [2.45, 2.75) is 13.8 Å². The zero-order chi connectivity index (χ0) is 11.7. The second kappa shape index (κ2) is 7.56. The summed E-state index contributed by atoms with van der Waals surface area (Å²) in [5, 5.41) is 1.72. The van der Waals surface area contributed by atoms with Crippen molar-refractivity contribution >= 4 is 18.4 Å². The van der Waals surface area contributed by atoms with Crippen LogP contribution in [-0.2, 0) is 0 Å². The molecule has 0 aromatic carbocycles. The van der Waals surface area contributed by atoms with E-state index in [4.69, 9.17) is 0 Å². The minimum Gasteiger partial charge on any atom is -0.360 e. The predicted molar refractivity (Wildman–Crippen MR) is 66.1 cm³/mol. The van der Waals surface area contributed by atoms with Gasteiger partial charge in [-0.05, 0) is 6.08 Å². The number of carbonyl (C=O) groups is 1. The van der Waals surface area contributed by atoms with E-state index in [0.29, 0.717) is 5.56 Å². The van der Waals surface area contributed by atoms with Crippen molar-refractivity contribution in [2.24, 2.45) is 0 Å². The van der Waals surface area contributed by atoms with Crippen molar-refractivity contribution in [3.8, 4) is 0 Å². The van der Waals surface area contributed by atoms with Crippen molar-refractivity contribution < 1.29 is 4.79 Å². The summed E-state index contributed by atoms with van der Waals surface area (Å²) < 4.78 is 0. The summed E-state index contributed by atoms with van der Waals surface area (Å²) in [7, 11) is 0. The Morgan fingerprint density at radius 2 is 1.80 bits per heavy atom. The average Bonchev–Trinajstić information content (AvgIpc) is 2.65. The third kappa shape index (κ3) is 3.43. The molecule has 1 aromatic rings. The summed E-state index contributed by atoms with van der Waals surface area (Å²) in [6, 6.07) is 0. The lowest BCUT2D eigenvalue weighted by Gasteiger charge is -1.79. The zero-order valence-electron chi connectivity index (χ0n) is 9.29. The average molecular weight is 203 g/mol. The molecule has 0 bridgehead atoms. The molecule has 15 heavy (non-hydrogen) atoms. The topological polar surface area (TPSA) is 32.9 Å².